The Morgan fingerprint density at radius 2 is 2.33 bits per heavy atom. The van der Waals surface area contributed by atoms with Crippen LogP contribution in [0.2, 0.25) is 5.02 Å². The van der Waals surface area contributed by atoms with Crippen LogP contribution in [0.25, 0.3) is 11.0 Å². The van der Waals surface area contributed by atoms with E-state index in [2.05, 4.69) is 22.2 Å². The summed E-state index contributed by atoms with van der Waals surface area (Å²) in [5, 5.41) is 4.01. The van der Waals surface area contributed by atoms with Crippen LogP contribution in [0.5, 0.6) is 0 Å². The number of likely N-dealkylation sites (N-methyl/N-ethyl adjacent to an activating group) is 1. The monoisotopic (exact) mass is 223 g/mol. The van der Waals surface area contributed by atoms with E-state index in [9.17, 15) is 0 Å². The zero-order chi connectivity index (χ0) is 10.7. The molecule has 0 unspecified atom stereocenters. The van der Waals surface area contributed by atoms with Gasteiger partial charge in [0.1, 0.15) is 5.82 Å². The van der Waals surface area contributed by atoms with Crippen LogP contribution in [0.3, 0.4) is 0 Å². The molecule has 1 heterocycles. The molecule has 0 saturated heterocycles. The molecular formula is C11H14ClN3. The predicted octanol–water partition coefficient (Wildman–Crippen LogP) is 2.37. The second kappa shape index (κ2) is 4.64. The molecule has 0 radical (unpaired) electrons. The van der Waals surface area contributed by atoms with Crippen LogP contribution in [0.15, 0.2) is 18.2 Å². The first-order chi connectivity index (χ1) is 7.29. The van der Waals surface area contributed by atoms with Crippen molar-refractivity contribution in [3.8, 4) is 0 Å². The summed E-state index contributed by atoms with van der Waals surface area (Å²) in [5.41, 5.74) is 1.99. The molecule has 1 aromatic carbocycles. The normalized spacial score (nSPS) is 11.1. The molecule has 0 aliphatic carbocycles. The maximum atomic E-state index is 5.89. The van der Waals surface area contributed by atoms with Gasteiger partial charge in [-0.15, -0.1) is 0 Å². The van der Waals surface area contributed by atoms with Crippen LogP contribution in [-0.4, -0.2) is 23.1 Å². The van der Waals surface area contributed by atoms with E-state index in [-0.39, 0.29) is 0 Å². The molecule has 2 aromatic rings. The third kappa shape index (κ3) is 2.49. The molecule has 4 heteroatoms. The fourth-order valence-corrected chi connectivity index (χ4v) is 1.71. The number of aromatic nitrogens is 2. The van der Waals surface area contributed by atoms with Crippen LogP contribution in [-0.2, 0) is 6.42 Å². The Labute approximate surface area is 93.9 Å². The van der Waals surface area contributed by atoms with Crippen LogP contribution in [0, 0.1) is 0 Å². The molecule has 0 aliphatic rings. The number of benzene rings is 1. The van der Waals surface area contributed by atoms with Gasteiger partial charge in [-0.3, -0.25) is 0 Å². The van der Waals surface area contributed by atoms with Crippen molar-refractivity contribution in [3.63, 3.8) is 0 Å². The number of nitrogens with zero attached hydrogens (tertiary/aromatic N) is 1. The maximum Gasteiger partial charge on any atom is 0.108 e. The minimum Gasteiger partial charge on any atom is -0.342 e. The second-order valence-corrected chi connectivity index (χ2v) is 3.88. The Balaban J connectivity index is 2.16. The van der Waals surface area contributed by atoms with Crippen molar-refractivity contribution < 1.29 is 0 Å². The summed E-state index contributed by atoms with van der Waals surface area (Å²) < 4.78 is 0. The standard InChI is InChI=1S/C11H14ClN3/c1-2-13-6-5-11-14-9-4-3-8(12)7-10(9)15-11/h3-4,7,13H,2,5-6H2,1H3,(H,14,15). The van der Waals surface area contributed by atoms with E-state index in [0.29, 0.717) is 0 Å². The second-order valence-electron chi connectivity index (χ2n) is 3.45. The van der Waals surface area contributed by atoms with E-state index in [4.69, 9.17) is 11.6 Å². The number of halogens is 1. The highest BCUT2D eigenvalue weighted by atomic mass is 35.5. The summed E-state index contributed by atoms with van der Waals surface area (Å²) in [5.74, 6) is 1.01. The van der Waals surface area contributed by atoms with E-state index in [0.717, 1.165) is 41.4 Å². The van der Waals surface area contributed by atoms with Gasteiger partial charge in [0.15, 0.2) is 0 Å². The van der Waals surface area contributed by atoms with Crippen molar-refractivity contribution in [1.29, 1.82) is 0 Å². The zero-order valence-corrected chi connectivity index (χ0v) is 9.43. The first-order valence-corrected chi connectivity index (χ1v) is 5.52. The van der Waals surface area contributed by atoms with Gasteiger partial charge >= 0.3 is 0 Å². The number of fused-ring (bicyclic) bond motifs is 1. The van der Waals surface area contributed by atoms with E-state index >= 15 is 0 Å². The molecule has 0 spiro atoms. The fourth-order valence-electron chi connectivity index (χ4n) is 1.54. The molecular weight excluding hydrogens is 210 g/mol. The minimum atomic E-state index is 0.740. The summed E-state index contributed by atoms with van der Waals surface area (Å²) in [4.78, 5) is 7.73. The Hall–Kier alpha value is -1.06. The van der Waals surface area contributed by atoms with Crippen molar-refractivity contribution in [1.82, 2.24) is 15.3 Å². The van der Waals surface area contributed by atoms with Crippen molar-refractivity contribution in [2.45, 2.75) is 13.3 Å². The molecule has 0 saturated carbocycles. The van der Waals surface area contributed by atoms with Crippen molar-refractivity contribution in [2.24, 2.45) is 0 Å². The quantitative estimate of drug-likeness (QED) is 0.782. The number of aromatic amines is 1. The first-order valence-electron chi connectivity index (χ1n) is 5.14. The maximum absolute atomic E-state index is 5.89. The number of H-pyrrole nitrogens is 1. The lowest BCUT2D eigenvalue weighted by molar-refractivity contribution is 0.702. The van der Waals surface area contributed by atoms with Gasteiger partial charge in [-0.2, -0.15) is 0 Å². The van der Waals surface area contributed by atoms with E-state index in [1.54, 1.807) is 0 Å². The lowest BCUT2D eigenvalue weighted by atomic mass is 10.3. The van der Waals surface area contributed by atoms with Gasteiger partial charge in [0.25, 0.3) is 0 Å². The molecule has 80 valence electrons. The lowest BCUT2D eigenvalue weighted by Gasteiger charge is -1.96. The zero-order valence-electron chi connectivity index (χ0n) is 8.68. The molecule has 0 bridgehead atoms. The smallest absolute Gasteiger partial charge is 0.108 e. The summed E-state index contributed by atoms with van der Waals surface area (Å²) >= 11 is 5.89. The first kappa shape index (κ1) is 10.5. The molecule has 2 N–H and O–H groups in total. The molecule has 0 aliphatic heterocycles. The number of hydrogen-bond acceptors (Lipinski definition) is 2. The Bertz CT molecular complexity index is 450. The van der Waals surface area contributed by atoms with Crippen molar-refractivity contribution >= 4 is 22.6 Å². The molecule has 0 amide bonds. The molecule has 3 nitrogen and oxygen atoms in total. The molecule has 0 atom stereocenters. The molecule has 0 fully saturated rings. The summed E-state index contributed by atoms with van der Waals surface area (Å²) in [7, 11) is 0. The van der Waals surface area contributed by atoms with Gasteiger partial charge in [-0.05, 0) is 24.7 Å². The highest BCUT2D eigenvalue weighted by Gasteiger charge is 2.02. The third-order valence-electron chi connectivity index (χ3n) is 2.28. The Morgan fingerprint density at radius 3 is 3.13 bits per heavy atom. The molecule has 1 aromatic heterocycles. The molecule has 15 heavy (non-hydrogen) atoms. The number of hydrogen-bond donors (Lipinski definition) is 2. The van der Waals surface area contributed by atoms with E-state index in [1.807, 2.05) is 18.2 Å². The van der Waals surface area contributed by atoms with Crippen LogP contribution >= 0.6 is 11.6 Å². The Kier molecular flexibility index (Phi) is 3.23. The van der Waals surface area contributed by atoms with Crippen LogP contribution < -0.4 is 5.32 Å². The van der Waals surface area contributed by atoms with Gasteiger partial charge in [0.05, 0.1) is 11.0 Å². The lowest BCUT2D eigenvalue weighted by Crippen LogP contribution is -2.16. The number of nitrogens with one attached hydrogen (secondary N) is 2. The minimum absolute atomic E-state index is 0.740. The van der Waals surface area contributed by atoms with E-state index in [1.165, 1.54) is 0 Å². The fraction of sp³-hybridized carbons (Fsp3) is 0.364. The highest BCUT2D eigenvalue weighted by Crippen LogP contribution is 2.17. The largest absolute Gasteiger partial charge is 0.342 e. The van der Waals surface area contributed by atoms with Crippen LogP contribution in [0.1, 0.15) is 12.7 Å². The van der Waals surface area contributed by atoms with E-state index < -0.39 is 0 Å². The van der Waals surface area contributed by atoms with Gasteiger partial charge < -0.3 is 10.3 Å². The average molecular weight is 224 g/mol. The SMILES string of the molecule is CCNCCc1nc2ccc(Cl)cc2[nH]1. The third-order valence-corrected chi connectivity index (χ3v) is 2.52. The van der Waals surface area contributed by atoms with Crippen LogP contribution in [0.4, 0.5) is 0 Å². The predicted molar refractivity (Wildman–Crippen MR) is 63.4 cm³/mol. The highest BCUT2D eigenvalue weighted by molar-refractivity contribution is 6.31. The van der Waals surface area contributed by atoms with Gasteiger partial charge in [-0.25, -0.2) is 4.98 Å². The summed E-state index contributed by atoms with van der Waals surface area (Å²) in [6.07, 6.45) is 0.917. The number of imidazole rings is 1. The van der Waals surface area contributed by atoms with Crippen molar-refractivity contribution in [3.05, 3.63) is 29.0 Å². The van der Waals surface area contributed by atoms with Gasteiger partial charge in [0, 0.05) is 18.0 Å². The topological polar surface area (TPSA) is 40.7 Å². The average Bonchev–Trinajstić information content (AvgIpc) is 2.60. The van der Waals surface area contributed by atoms with Gasteiger partial charge in [0.2, 0.25) is 0 Å². The summed E-state index contributed by atoms with van der Waals surface area (Å²) in [6, 6.07) is 5.70. The number of rotatable bonds is 4. The van der Waals surface area contributed by atoms with Crippen molar-refractivity contribution in [2.75, 3.05) is 13.1 Å². The summed E-state index contributed by atoms with van der Waals surface area (Å²) in [6.45, 7) is 4.04. The molecule has 2 rings (SSSR count). The Morgan fingerprint density at radius 1 is 1.47 bits per heavy atom. The van der Waals surface area contributed by atoms with Gasteiger partial charge in [-0.1, -0.05) is 18.5 Å².